The van der Waals surface area contributed by atoms with Crippen LogP contribution in [0, 0.1) is 0 Å². The van der Waals surface area contributed by atoms with E-state index in [1.54, 1.807) is 0 Å². The van der Waals surface area contributed by atoms with Gasteiger partial charge in [-0.05, 0) is 24.6 Å². The van der Waals surface area contributed by atoms with Gasteiger partial charge in [-0.15, -0.1) is 12.4 Å². The maximum atomic E-state index is 10.8. The Kier molecular flexibility index (Phi) is 5.28. The number of halogens is 2. The average Bonchev–Trinajstić information content (AvgIpc) is 2.08. The van der Waals surface area contributed by atoms with E-state index in [0.717, 1.165) is 10.0 Å². The summed E-state index contributed by atoms with van der Waals surface area (Å²) >= 11 is 3.31. The van der Waals surface area contributed by atoms with Crippen molar-refractivity contribution in [1.82, 2.24) is 0 Å². The summed E-state index contributed by atoms with van der Waals surface area (Å²) in [6, 6.07) is 7.46. The molecule has 0 bridgehead atoms. The van der Waals surface area contributed by atoms with E-state index in [4.69, 9.17) is 10.8 Å². The van der Waals surface area contributed by atoms with Crippen LogP contribution >= 0.6 is 28.3 Å². The molecule has 15 heavy (non-hydrogen) atoms. The molecule has 0 saturated carbocycles. The van der Waals surface area contributed by atoms with E-state index in [1.165, 1.54) is 6.92 Å². The van der Waals surface area contributed by atoms with Crippen molar-refractivity contribution in [3.63, 3.8) is 0 Å². The van der Waals surface area contributed by atoms with Crippen molar-refractivity contribution in [3.8, 4) is 0 Å². The zero-order valence-corrected chi connectivity index (χ0v) is 10.6. The Morgan fingerprint density at radius 3 is 2.33 bits per heavy atom. The topological polar surface area (TPSA) is 63.3 Å². The monoisotopic (exact) mass is 293 g/mol. The van der Waals surface area contributed by atoms with Gasteiger partial charge in [-0.25, -0.2) is 0 Å². The number of rotatable bonds is 3. The highest BCUT2D eigenvalue weighted by Crippen LogP contribution is 2.15. The summed E-state index contributed by atoms with van der Waals surface area (Å²) in [5.41, 5.74) is 5.34. The quantitative estimate of drug-likeness (QED) is 0.898. The largest absolute Gasteiger partial charge is 0.480 e. The number of carboxylic acid groups (broad SMARTS) is 1. The lowest BCUT2D eigenvalue weighted by atomic mass is 9.94. The molecule has 5 heteroatoms. The number of carbonyl (C=O) groups is 1. The van der Waals surface area contributed by atoms with Crippen molar-refractivity contribution < 1.29 is 9.90 Å². The van der Waals surface area contributed by atoms with E-state index in [0.29, 0.717) is 6.42 Å². The summed E-state index contributed by atoms with van der Waals surface area (Å²) in [7, 11) is 0. The van der Waals surface area contributed by atoms with Crippen LogP contribution in [0.4, 0.5) is 0 Å². The van der Waals surface area contributed by atoms with Crippen LogP contribution in [-0.4, -0.2) is 16.6 Å². The molecular weight excluding hydrogens is 281 g/mol. The van der Waals surface area contributed by atoms with Gasteiger partial charge < -0.3 is 10.8 Å². The Hall–Kier alpha value is -0.580. The van der Waals surface area contributed by atoms with Gasteiger partial charge in [-0.1, -0.05) is 28.1 Å². The Bertz CT molecular complexity index is 338. The molecule has 0 aliphatic rings. The first-order valence-electron chi connectivity index (χ1n) is 4.18. The smallest absolute Gasteiger partial charge is 0.323 e. The summed E-state index contributed by atoms with van der Waals surface area (Å²) in [4.78, 5) is 10.8. The maximum Gasteiger partial charge on any atom is 0.323 e. The molecule has 1 aromatic carbocycles. The van der Waals surface area contributed by atoms with Gasteiger partial charge in [-0.2, -0.15) is 0 Å². The summed E-state index contributed by atoms with van der Waals surface area (Å²) in [5, 5.41) is 8.82. The van der Waals surface area contributed by atoms with Crippen LogP contribution in [0.2, 0.25) is 0 Å². The van der Waals surface area contributed by atoms with Crippen LogP contribution in [0.1, 0.15) is 12.5 Å². The van der Waals surface area contributed by atoms with Crippen molar-refractivity contribution in [2.75, 3.05) is 0 Å². The Morgan fingerprint density at radius 2 is 1.93 bits per heavy atom. The first-order valence-corrected chi connectivity index (χ1v) is 4.98. The van der Waals surface area contributed by atoms with E-state index in [2.05, 4.69) is 15.9 Å². The van der Waals surface area contributed by atoms with E-state index in [-0.39, 0.29) is 12.4 Å². The van der Waals surface area contributed by atoms with Crippen LogP contribution in [0.3, 0.4) is 0 Å². The van der Waals surface area contributed by atoms with Gasteiger partial charge in [0, 0.05) is 10.9 Å². The summed E-state index contributed by atoms with van der Waals surface area (Å²) in [5.74, 6) is -0.986. The first kappa shape index (κ1) is 14.4. The molecule has 0 spiro atoms. The molecule has 0 amide bonds. The van der Waals surface area contributed by atoms with E-state index < -0.39 is 11.5 Å². The van der Waals surface area contributed by atoms with E-state index in [9.17, 15) is 4.79 Å². The highest BCUT2D eigenvalue weighted by molar-refractivity contribution is 9.10. The molecule has 0 aliphatic heterocycles. The summed E-state index contributed by atoms with van der Waals surface area (Å²) < 4.78 is 0.968. The van der Waals surface area contributed by atoms with Crippen LogP contribution in [0.5, 0.6) is 0 Å². The highest BCUT2D eigenvalue weighted by atomic mass is 79.9. The van der Waals surface area contributed by atoms with Crippen LogP contribution in [0.15, 0.2) is 28.7 Å². The summed E-state index contributed by atoms with van der Waals surface area (Å²) in [6.07, 6.45) is 0.329. The second-order valence-corrected chi connectivity index (χ2v) is 4.44. The minimum Gasteiger partial charge on any atom is -0.480 e. The molecule has 0 saturated heterocycles. The van der Waals surface area contributed by atoms with E-state index >= 15 is 0 Å². The minimum atomic E-state index is -1.20. The number of nitrogens with two attached hydrogens (primary N) is 1. The van der Waals surface area contributed by atoms with Crippen molar-refractivity contribution >= 4 is 34.3 Å². The fourth-order valence-corrected chi connectivity index (χ4v) is 1.37. The fourth-order valence-electron chi connectivity index (χ4n) is 1.10. The molecular formula is C10H13BrClNO2. The Morgan fingerprint density at radius 1 is 1.47 bits per heavy atom. The third-order valence-electron chi connectivity index (χ3n) is 1.97. The number of carboxylic acids is 1. The fraction of sp³-hybridized carbons (Fsp3) is 0.300. The Labute approximate surface area is 103 Å². The molecule has 0 unspecified atom stereocenters. The predicted molar refractivity (Wildman–Crippen MR) is 65.3 cm³/mol. The lowest BCUT2D eigenvalue weighted by molar-refractivity contribution is -0.142. The van der Waals surface area contributed by atoms with Crippen molar-refractivity contribution in [2.24, 2.45) is 5.73 Å². The zero-order valence-electron chi connectivity index (χ0n) is 8.24. The van der Waals surface area contributed by atoms with Gasteiger partial charge >= 0.3 is 5.97 Å². The Balaban J connectivity index is 0.00000196. The molecule has 1 rings (SSSR count). The standard InChI is InChI=1S/C10H12BrNO2.ClH/c1-10(12,9(13)14)6-7-2-4-8(11)5-3-7;/h2-5H,6,12H2,1H3,(H,13,14);1H/t10-;/m1./s1. The third kappa shape index (κ3) is 4.20. The SMILES string of the molecule is C[C@@](N)(Cc1ccc(Br)cc1)C(=O)O.Cl. The van der Waals surface area contributed by atoms with Gasteiger partial charge in [0.25, 0.3) is 0 Å². The maximum absolute atomic E-state index is 10.8. The molecule has 1 aromatic rings. The lowest BCUT2D eigenvalue weighted by Gasteiger charge is -2.18. The molecule has 1 atom stereocenters. The molecule has 0 fully saturated rings. The molecule has 84 valence electrons. The normalized spacial score (nSPS) is 13.8. The van der Waals surface area contributed by atoms with Crippen molar-refractivity contribution in [1.29, 1.82) is 0 Å². The minimum absolute atomic E-state index is 0. The van der Waals surface area contributed by atoms with Gasteiger partial charge in [0.1, 0.15) is 5.54 Å². The van der Waals surface area contributed by atoms with Gasteiger partial charge in [0.15, 0.2) is 0 Å². The number of benzene rings is 1. The molecule has 0 aromatic heterocycles. The van der Waals surface area contributed by atoms with Gasteiger partial charge in [0.2, 0.25) is 0 Å². The zero-order chi connectivity index (χ0) is 10.8. The molecule has 3 N–H and O–H groups in total. The van der Waals surface area contributed by atoms with Gasteiger partial charge in [0.05, 0.1) is 0 Å². The number of aliphatic carboxylic acids is 1. The van der Waals surface area contributed by atoms with Crippen molar-refractivity contribution in [3.05, 3.63) is 34.3 Å². The van der Waals surface area contributed by atoms with Crippen LogP contribution in [-0.2, 0) is 11.2 Å². The molecule has 0 heterocycles. The first-order chi connectivity index (χ1) is 6.42. The molecule has 0 aliphatic carbocycles. The second-order valence-electron chi connectivity index (χ2n) is 3.53. The average molecular weight is 295 g/mol. The predicted octanol–water partition coefficient (Wildman–Crippen LogP) is 2.22. The summed E-state index contributed by atoms with van der Waals surface area (Å²) in [6.45, 7) is 1.51. The lowest BCUT2D eigenvalue weighted by Crippen LogP contribution is -2.46. The third-order valence-corrected chi connectivity index (χ3v) is 2.50. The highest BCUT2D eigenvalue weighted by Gasteiger charge is 2.27. The van der Waals surface area contributed by atoms with Gasteiger partial charge in [-0.3, -0.25) is 4.79 Å². The number of hydrogen-bond donors (Lipinski definition) is 2. The van der Waals surface area contributed by atoms with Crippen molar-refractivity contribution in [2.45, 2.75) is 18.9 Å². The molecule has 3 nitrogen and oxygen atoms in total. The second kappa shape index (κ2) is 5.49. The van der Waals surface area contributed by atoms with Crippen LogP contribution < -0.4 is 5.73 Å². The molecule has 0 radical (unpaired) electrons. The van der Waals surface area contributed by atoms with E-state index in [1.807, 2.05) is 24.3 Å². The number of hydrogen-bond acceptors (Lipinski definition) is 2. The van der Waals surface area contributed by atoms with Crippen LogP contribution in [0.25, 0.3) is 0 Å².